The van der Waals surface area contributed by atoms with Gasteiger partial charge in [-0.3, -0.25) is 30.0 Å². The molecule has 0 spiro atoms. The quantitative estimate of drug-likeness (QED) is 0.0181. The monoisotopic (exact) mass is 894 g/mol. The topological polar surface area (TPSA) is 257 Å². The van der Waals surface area contributed by atoms with Crippen LogP contribution in [0, 0.1) is 28.7 Å². The van der Waals surface area contributed by atoms with Gasteiger partial charge >= 0.3 is 23.6 Å². The fraction of sp³-hybridized carbons (Fsp3) is 0.333. The molecular weight excluding hydrogens is 837 g/mol. The molecule has 2 fully saturated rings. The van der Waals surface area contributed by atoms with Crippen molar-refractivity contribution in [2.45, 2.75) is 25.7 Å². The third-order valence-electron chi connectivity index (χ3n) is 10.9. The highest BCUT2D eigenvalue weighted by atomic mass is 16.2. The van der Waals surface area contributed by atoms with E-state index in [9.17, 15) is 19.2 Å². The number of hydrogen-bond acceptors (Lipinski definition) is 11. The molecule has 6 rings (SSSR count). The fourth-order valence-electron chi connectivity index (χ4n) is 7.15. The van der Waals surface area contributed by atoms with E-state index < -0.39 is 23.6 Å². The Morgan fingerprint density at radius 2 is 0.788 bits per heavy atom. The standard InChI is InChI=1S/C24H32N8O2.C24H26N6O2/c25-21(26)17-3-7-19(8-4-17)29-11-1-13-31-15-16-32(24(34)23(31)33)14-2-12-30-20-9-5-18(6-10-20)22(27)28;1-26-20-8-10-22(11-9-20)28-13-3-15-30-17-16-29(23(31)24(30)32)14-2-12-27-21-6-4-19(18-25)5-7-21/h3-10,29-30H,1-2,11-16H2,(H3,25,26)(H3,27,28);4-11,27-28H,2-3,12-17H2. The van der Waals surface area contributed by atoms with Gasteiger partial charge in [-0.2, -0.15) is 5.26 Å². The van der Waals surface area contributed by atoms with Crippen LogP contribution in [0.3, 0.4) is 0 Å². The van der Waals surface area contributed by atoms with Gasteiger partial charge in [-0.15, -0.1) is 0 Å². The number of amides is 4. The molecule has 4 amide bonds. The minimum Gasteiger partial charge on any atom is -0.385 e. The molecule has 0 radical (unpaired) electrons. The molecule has 2 aliphatic rings. The van der Waals surface area contributed by atoms with Gasteiger partial charge in [0.15, 0.2) is 5.69 Å². The van der Waals surface area contributed by atoms with Crippen LogP contribution in [-0.2, 0) is 19.2 Å². The van der Waals surface area contributed by atoms with Gasteiger partial charge in [0.2, 0.25) is 0 Å². The van der Waals surface area contributed by atoms with Gasteiger partial charge in [0.1, 0.15) is 11.7 Å². The molecule has 0 atom stereocenters. The number of hydrogen-bond donors (Lipinski definition) is 8. The zero-order valence-corrected chi connectivity index (χ0v) is 37.0. The lowest BCUT2D eigenvalue weighted by Gasteiger charge is -2.33. The van der Waals surface area contributed by atoms with Crippen molar-refractivity contribution >= 4 is 63.7 Å². The van der Waals surface area contributed by atoms with Crippen molar-refractivity contribution in [3.8, 4) is 6.07 Å². The Morgan fingerprint density at radius 3 is 1.05 bits per heavy atom. The number of nitrogens with two attached hydrogens (primary N) is 2. The summed E-state index contributed by atoms with van der Waals surface area (Å²) in [5, 5.41) is 36.7. The molecule has 2 aliphatic heterocycles. The summed E-state index contributed by atoms with van der Waals surface area (Å²) in [5.74, 6) is -1.68. The molecule has 10 N–H and O–H groups in total. The van der Waals surface area contributed by atoms with Crippen LogP contribution < -0.4 is 32.7 Å². The lowest BCUT2D eigenvalue weighted by atomic mass is 10.2. The van der Waals surface area contributed by atoms with Crippen LogP contribution in [0.2, 0.25) is 0 Å². The normalized spacial score (nSPS) is 13.5. The minimum atomic E-state index is -0.440. The van der Waals surface area contributed by atoms with E-state index in [0.29, 0.717) is 101 Å². The maximum Gasteiger partial charge on any atom is 0.312 e. The second kappa shape index (κ2) is 25.2. The first-order valence-corrected chi connectivity index (χ1v) is 21.9. The summed E-state index contributed by atoms with van der Waals surface area (Å²) >= 11 is 0. The van der Waals surface area contributed by atoms with Crippen LogP contribution in [0.5, 0.6) is 0 Å². The summed E-state index contributed by atoms with van der Waals surface area (Å²) in [7, 11) is 0. The van der Waals surface area contributed by atoms with Crippen molar-refractivity contribution in [3.63, 3.8) is 0 Å². The van der Waals surface area contributed by atoms with E-state index in [1.807, 2.05) is 48.5 Å². The zero-order chi connectivity index (χ0) is 47.3. The number of anilines is 4. The number of nitrogens with one attached hydrogen (secondary N) is 6. The first-order chi connectivity index (χ1) is 31.9. The molecule has 18 heteroatoms. The number of rotatable bonds is 22. The molecule has 18 nitrogen and oxygen atoms in total. The van der Waals surface area contributed by atoms with Crippen LogP contribution >= 0.6 is 0 Å². The largest absolute Gasteiger partial charge is 0.385 e. The van der Waals surface area contributed by atoms with Crippen molar-refractivity contribution < 1.29 is 19.2 Å². The predicted octanol–water partition coefficient (Wildman–Crippen LogP) is 4.31. The number of carbonyl (C=O) groups excluding carboxylic acids is 4. The molecule has 4 aromatic carbocycles. The molecular formula is C48H58N14O4. The van der Waals surface area contributed by atoms with Crippen LogP contribution in [0.4, 0.5) is 28.4 Å². The highest BCUT2D eigenvalue weighted by molar-refractivity contribution is 6.35. The summed E-state index contributed by atoms with van der Waals surface area (Å²) in [4.78, 5) is 59.7. The SMILES string of the molecule is N=C(N)c1ccc(NCCCN2CCN(CCCNc3ccc(C(=N)N)cc3)C(=O)C2=O)cc1.[C-]#[N+]c1ccc(NCCCN2CCN(CCCNc3ccc(C#N)cc3)C(=O)C2=O)cc1. The van der Waals surface area contributed by atoms with Crippen molar-refractivity contribution in [1.29, 1.82) is 16.1 Å². The molecule has 0 unspecified atom stereocenters. The Morgan fingerprint density at radius 1 is 0.515 bits per heavy atom. The smallest absolute Gasteiger partial charge is 0.312 e. The number of nitrogen functional groups attached to an aromatic ring is 2. The Hall–Kier alpha value is -8.12. The van der Waals surface area contributed by atoms with Gasteiger partial charge in [0.25, 0.3) is 0 Å². The van der Waals surface area contributed by atoms with Gasteiger partial charge in [-0.25, -0.2) is 4.85 Å². The summed E-state index contributed by atoms with van der Waals surface area (Å²) in [6, 6.07) is 31.1. The lowest BCUT2D eigenvalue weighted by Crippen LogP contribution is -2.54. The molecule has 0 saturated carbocycles. The summed E-state index contributed by atoms with van der Waals surface area (Å²) in [6.07, 6.45) is 2.91. The van der Waals surface area contributed by atoms with Gasteiger partial charge in [0, 0.05) is 112 Å². The average molecular weight is 895 g/mol. The average Bonchev–Trinajstić information content (AvgIpc) is 3.34. The highest BCUT2D eigenvalue weighted by Gasteiger charge is 2.32. The minimum absolute atomic E-state index is 0.0329. The van der Waals surface area contributed by atoms with Gasteiger partial charge in [0.05, 0.1) is 18.2 Å². The maximum atomic E-state index is 12.5. The van der Waals surface area contributed by atoms with Crippen LogP contribution in [0.1, 0.15) is 42.4 Å². The van der Waals surface area contributed by atoms with E-state index >= 15 is 0 Å². The first-order valence-electron chi connectivity index (χ1n) is 21.9. The van der Waals surface area contributed by atoms with E-state index in [-0.39, 0.29) is 11.7 Å². The van der Waals surface area contributed by atoms with E-state index in [2.05, 4.69) is 32.2 Å². The number of carbonyl (C=O) groups is 4. The Bertz CT molecular complexity index is 2190. The molecule has 344 valence electrons. The highest BCUT2D eigenvalue weighted by Crippen LogP contribution is 2.17. The van der Waals surface area contributed by atoms with E-state index in [1.165, 1.54) is 0 Å². The summed E-state index contributed by atoms with van der Waals surface area (Å²) in [5.41, 5.74) is 17.2. The first kappa shape index (κ1) is 48.9. The van der Waals surface area contributed by atoms with E-state index in [4.69, 9.17) is 34.1 Å². The van der Waals surface area contributed by atoms with Crippen molar-refractivity contribution in [3.05, 3.63) is 125 Å². The lowest BCUT2D eigenvalue weighted by molar-refractivity contribution is -0.156. The third-order valence-corrected chi connectivity index (χ3v) is 10.9. The Balaban J connectivity index is 0.000000248. The number of piperazine rings is 2. The van der Waals surface area contributed by atoms with Crippen LogP contribution in [-0.4, -0.2) is 133 Å². The molecule has 0 bridgehead atoms. The van der Waals surface area contributed by atoms with Gasteiger partial charge in [-0.1, -0.05) is 12.1 Å². The molecule has 2 saturated heterocycles. The van der Waals surface area contributed by atoms with Crippen LogP contribution in [0.25, 0.3) is 4.85 Å². The van der Waals surface area contributed by atoms with Crippen molar-refractivity contribution in [1.82, 2.24) is 19.6 Å². The van der Waals surface area contributed by atoms with Crippen molar-refractivity contribution in [2.75, 3.05) is 99.8 Å². The van der Waals surface area contributed by atoms with Gasteiger partial charge < -0.3 is 52.3 Å². The molecule has 2 heterocycles. The Kier molecular flexibility index (Phi) is 18.7. The predicted molar refractivity (Wildman–Crippen MR) is 258 cm³/mol. The fourth-order valence-corrected chi connectivity index (χ4v) is 7.15. The maximum absolute atomic E-state index is 12.5. The van der Waals surface area contributed by atoms with E-state index in [0.717, 1.165) is 48.4 Å². The second-order valence-electron chi connectivity index (χ2n) is 15.6. The Labute approximate surface area is 385 Å². The van der Waals surface area contributed by atoms with Gasteiger partial charge in [-0.05, 0) is 111 Å². The molecule has 4 aromatic rings. The zero-order valence-electron chi connectivity index (χ0n) is 37.0. The molecule has 66 heavy (non-hydrogen) atoms. The number of nitrogens with zero attached hydrogens (tertiary/aromatic N) is 6. The molecule has 0 aliphatic carbocycles. The number of nitriles is 1. The van der Waals surface area contributed by atoms with Crippen LogP contribution in [0.15, 0.2) is 97.1 Å². The number of amidine groups is 2. The molecule has 0 aromatic heterocycles. The third kappa shape index (κ3) is 15.0. The summed E-state index contributed by atoms with van der Waals surface area (Å²) in [6.45, 7) is 13.9. The number of benzene rings is 4. The van der Waals surface area contributed by atoms with Crippen molar-refractivity contribution in [2.24, 2.45) is 11.5 Å². The second-order valence-corrected chi connectivity index (χ2v) is 15.6. The van der Waals surface area contributed by atoms with E-state index in [1.54, 1.807) is 68.1 Å². The summed E-state index contributed by atoms with van der Waals surface area (Å²) < 4.78 is 0.